The van der Waals surface area contributed by atoms with Gasteiger partial charge < -0.3 is 20.3 Å². The van der Waals surface area contributed by atoms with Crippen LogP contribution in [0.2, 0.25) is 0 Å². The minimum absolute atomic E-state index is 0.0537. The minimum atomic E-state index is -0.288. The predicted molar refractivity (Wildman–Crippen MR) is 129 cm³/mol. The molecule has 176 valence electrons. The lowest BCUT2D eigenvalue weighted by atomic mass is 10.2. The van der Waals surface area contributed by atoms with Crippen molar-refractivity contribution in [3.05, 3.63) is 54.6 Å². The molecule has 4 rings (SSSR count). The predicted octanol–water partition coefficient (Wildman–Crippen LogP) is 2.53. The Morgan fingerprint density at radius 1 is 1.09 bits per heavy atom. The summed E-state index contributed by atoms with van der Waals surface area (Å²) in [5.74, 6) is 0.668. The third kappa shape index (κ3) is 6.41. The number of rotatable bonds is 9. The van der Waals surface area contributed by atoms with Crippen LogP contribution in [0.3, 0.4) is 0 Å². The highest BCUT2D eigenvalue weighted by Crippen LogP contribution is 2.23. The number of thioether (sulfide) groups is 1. The summed E-state index contributed by atoms with van der Waals surface area (Å²) in [5.41, 5.74) is 1.52. The zero-order valence-electron chi connectivity index (χ0n) is 18.1. The van der Waals surface area contributed by atoms with Crippen LogP contribution >= 0.6 is 11.8 Å². The van der Waals surface area contributed by atoms with Crippen LogP contribution in [-0.2, 0) is 14.3 Å². The lowest BCUT2D eigenvalue weighted by Gasteiger charge is -2.27. The second-order valence-corrected chi connectivity index (χ2v) is 8.11. The molecule has 0 saturated carbocycles. The molecule has 0 spiro atoms. The van der Waals surface area contributed by atoms with Gasteiger partial charge in [-0.1, -0.05) is 36.0 Å². The van der Waals surface area contributed by atoms with Crippen molar-refractivity contribution in [1.82, 2.24) is 15.0 Å². The van der Waals surface area contributed by atoms with Gasteiger partial charge in [0.25, 0.3) is 0 Å². The topological polar surface area (TPSA) is 133 Å². The third-order valence-electron chi connectivity index (χ3n) is 4.75. The first-order valence-electron chi connectivity index (χ1n) is 10.5. The van der Waals surface area contributed by atoms with E-state index in [4.69, 9.17) is 4.74 Å². The summed E-state index contributed by atoms with van der Waals surface area (Å²) in [6, 6.07) is 15.9. The van der Waals surface area contributed by atoms with E-state index in [1.165, 1.54) is 23.9 Å². The van der Waals surface area contributed by atoms with E-state index in [9.17, 15) is 14.8 Å². The van der Waals surface area contributed by atoms with Crippen LogP contribution in [-0.4, -0.2) is 64.5 Å². The van der Waals surface area contributed by atoms with E-state index in [1.807, 2.05) is 35.2 Å². The molecule has 1 aliphatic rings. The van der Waals surface area contributed by atoms with Crippen molar-refractivity contribution >= 4 is 53.0 Å². The lowest BCUT2D eigenvalue weighted by molar-refractivity contribution is -0.114. The molecular formula is C22H23N7O4S. The molecule has 0 aliphatic carbocycles. The van der Waals surface area contributed by atoms with Crippen molar-refractivity contribution in [3.63, 3.8) is 0 Å². The van der Waals surface area contributed by atoms with Gasteiger partial charge in [-0.05, 0) is 30.3 Å². The van der Waals surface area contributed by atoms with Gasteiger partial charge in [0.1, 0.15) is 0 Å². The van der Waals surface area contributed by atoms with E-state index >= 15 is 0 Å². The summed E-state index contributed by atoms with van der Waals surface area (Å²) < 4.78 is 5.42. The second-order valence-electron chi connectivity index (χ2n) is 7.17. The SMILES string of the molecule is O=CN(O)c1cccc(NC(=O)CSc2nc(Nc3ccccc3)nc(N3CCOCC3)n2)c1. The maximum atomic E-state index is 12.5. The van der Waals surface area contributed by atoms with Crippen LogP contribution in [0.4, 0.5) is 29.0 Å². The smallest absolute Gasteiger partial charge is 0.237 e. The zero-order chi connectivity index (χ0) is 23.8. The summed E-state index contributed by atoms with van der Waals surface area (Å²) in [6.07, 6.45) is 0.269. The molecule has 1 saturated heterocycles. The normalized spacial score (nSPS) is 13.3. The number of benzene rings is 2. The molecule has 12 heteroatoms. The average molecular weight is 482 g/mol. The van der Waals surface area contributed by atoms with Gasteiger partial charge in [0, 0.05) is 24.5 Å². The quantitative estimate of drug-likeness (QED) is 0.181. The van der Waals surface area contributed by atoms with Crippen molar-refractivity contribution < 1.29 is 19.5 Å². The Morgan fingerprint density at radius 2 is 1.85 bits per heavy atom. The van der Waals surface area contributed by atoms with E-state index < -0.39 is 0 Å². The van der Waals surface area contributed by atoms with Crippen LogP contribution in [0.15, 0.2) is 59.8 Å². The summed E-state index contributed by atoms with van der Waals surface area (Å²) in [5, 5.41) is 16.3. The van der Waals surface area contributed by atoms with E-state index in [-0.39, 0.29) is 23.8 Å². The van der Waals surface area contributed by atoms with E-state index in [1.54, 1.807) is 12.1 Å². The number of hydrogen-bond acceptors (Lipinski definition) is 10. The molecule has 3 aromatic rings. The van der Waals surface area contributed by atoms with Gasteiger partial charge in [-0.15, -0.1) is 0 Å². The van der Waals surface area contributed by atoms with E-state index in [0.717, 1.165) is 5.69 Å². The molecule has 1 aliphatic heterocycles. The van der Waals surface area contributed by atoms with Gasteiger partial charge in [-0.25, -0.2) is 0 Å². The monoisotopic (exact) mass is 481 g/mol. The first kappa shape index (κ1) is 23.4. The Bertz CT molecular complexity index is 1130. The molecule has 1 aromatic heterocycles. The van der Waals surface area contributed by atoms with Crippen LogP contribution < -0.4 is 20.6 Å². The number of hydroxylamine groups is 1. The number of para-hydroxylation sites is 1. The van der Waals surface area contributed by atoms with Crippen LogP contribution in [0.1, 0.15) is 0 Å². The molecule has 2 aromatic carbocycles. The number of hydrogen-bond donors (Lipinski definition) is 3. The number of nitrogens with zero attached hydrogens (tertiary/aromatic N) is 5. The van der Waals surface area contributed by atoms with Gasteiger partial charge >= 0.3 is 0 Å². The van der Waals surface area contributed by atoms with E-state index in [2.05, 4.69) is 25.6 Å². The Morgan fingerprint density at radius 3 is 2.62 bits per heavy atom. The first-order valence-corrected chi connectivity index (χ1v) is 11.5. The maximum Gasteiger partial charge on any atom is 0.237 e. The van der Waals surface area contributed by atoms with Crippen molar-refractivity contribution in [2.45, 2.75) is 5.16 Å². The fourth-order valence-corrected chi connectivity index (χ4v) is 3.77. The van der Waals surface area contributed by atoms with Crippen molar-refractivity contribution in [2.75, 3.05) is 52.7 Å². The molecule has 2 heterocycles. The Balaban J connectivity index is 1.46. The van der Waals surface area contributed by atoms with Crippen LogP contribution in [0.5, 0.6) is 0 Å². The van der Waals surface area contributed by atoms with Gasteiger partial charge in [-0.3, -0.25) is 14.8 Å². The molecule has 0 radical (unpaired) electrons. The van der Waals surface area contributed by atoms with Crippen LogP contribution in [0, 0.1) is 0 Å². The number of anilines is 5. The number of morpholine rings is 1. The van der Waals surface area contributed by atoms with Gasteiger partial charge in [0.15, 0.2) is 5.16 Å². The summed E-state index contributed by atoms with van der Waals surface area (Å²) in [6.45, 7) is 2.51. The molecule has 1 fully saturated rings. The zero-order valence-corrected chi connectivity index (χ0v) is 18.9. The fourth-order valence-electron chi connectivity index (χ4n) is 3.14. The maximum absolute atomic E-state index is 12.5. The largest absolute Gasteiger partial charge is 0.378 e. The highest BCUT2D eigenvalue weighted by molar-refractivity contribution is 7.99. The fraction of sp³-hybridized carbons (Fsp3) is 0.227. The molecule has 0 unspecified atom stereocenters. The molecule has 2 amide bonds. The molecule has 34 heavy (non-hydrogen) atoms. The second kappa shape index (κ2) is 11.4. The van der Waals surface area contributed by atoms with E-state index in [0.29, 0.717) is 54.1 Å². The molecule has 0 atom stereocenters. The highest BCUT2D eigenvalue weighted by Gasteiger charge is 2.18. The lowest BCUT2D eigenvalue weighted by Crippen LogP contribution is -2.37. The first-order chi connectivity index (χ1) is 16.6. The van der Waals surface area contributed by atoms with Gasteiger partial charge in [0.05, 0.1) is 24.7 Å². The molecule has 3 N–H and O–H groups in total. The Kier molecular flexibility index (Phi) is 7.86. The van der Waals surface area contributed by atoms with Crippen molar-refractivity contribution in [1.29, 1.82) is 0 Å². The standard InChI is InChI=1S/C22H23N7O4S/c30-15-29(32)18-8-4-7-17(13-18)23-19(31)14-34-22-26-20(24-16-5-2-1-3-6-16)25-21(27-22)28-9-11-33-12-10-28/h1-8,13,15,32H,9-12,14H2,(H,23,31)(H,24,25,26,27). The summed E-state index contributed by atoms with van der Waals surface area (Å²) in [7, 11) is 0. The third-order valence-corrected chi connectivity index (χ3v) is 5.60. The summed E-state index contributed by atoms with van der Waals surface area (Å²) >= 11 is 1.18. The molecular weight excluding hydrogens is 458 g/mol. The average Bonchev–Trinajstić information content (AvgIpc) is 2.88. The van der Waals surface area contributed by atoms with Crippen molar-refractivity contribution in [2.24, 2.45) is 0 Å². The molecule has 11 nitrogen and oxygen atoms in total. The van der Waals surface area contributed by atoms with Gasteiger partial charge in [-0.2, -0.15) is 20.0 Å². The number of amides is 2. The van der Waals surface area contributed by atoms with Crippen molar-refractivity contribution in [3.8, 4) is 0 Å². The summed E-state index contributed by atoms with van der Waals surface area (Å²) in [4.78, 5) is 38.8. The van der Waals surface area contributed by atoms with Crippen LogP contribution in [0.25, 0.3) is 0 Å². The Hall–Kier alpha value is -3.74. The Labute approximate surface area is 200 Å². The minimum Gasteiger partial charge on any atom is -0.378 e. The number of carbonyl (C=O) groups is 2. The highest BCUT2D eigenvalue weighted by atomic mass is 32.2. The molecule has 0 bridgehead atoms. The number of aromatic nitrogens is 3. The number of carbonyl (C=O) groups excluding carboxylic acids is 2. The van der Waals surface area contributed by atoms with Gasteiger partial charge in [0.2, 0.25) is 24.2 Å². The number of nitrogens with one attached hydrogen (secondary N) is 2. The number of ether oxygens (including phenoxy) is 1.